The molecule has 1 aromatic carbocycles. The van der Waals surface area contributed by atoms with Crippen molar-refractivity contribution in [2.45, 2.75) is 25.4 Å². The van der Waals surface area contributed by atoms with Crippen molar-refractivity contribution in [1.82, 2.24) is 0 Å². The highest BCUT2D eigenvalue weighted by Crippen LogP contribution is 2.33. The Bertz CT molecular complexity index is 449. The molecule has 0 heterocycles. The van der Waals surface area contributed by atoms with Gasteiger partial charge in [0, 0.05) is 0 Å². The first-order chi connectivity index (χ1) is 7.55. The fourth-order valence-electron chi connectivity index (χ4n) is 1.24. The minimum absolute atomic E-state index is 0.225. The molecule has 94 valence electrons. The molecule has 0 unspecified atom stereocenters. The van der Waals surface area contributed by atoms with Gasteiger partial charge in [0.2, 0.25) is 0 Å². The Morgan fingerprint density at radius 2 is 1.59 bits per heavy atom. The van der Waals surface area contributed by atoms with E-state index in [0.717, 1.165) is 6.07 Å². The summed E-state index contributed by atoms with van der Waals surface area (Å²) < 4.78 is 50.3. The lowest BCUT2D eigenvalue weighted by molar-refractivity contribution is -0.143. The summed E-state index contributed by atoms with van der Waals surface area (Å²) in [5.41, 5.74) is -3.00. The predicted octanol–water partition coefficient (Wildman–Crippen LogP) is 3.21. The average Bonchev–Trinajstić information content (AvgIpc) is 2.15. The molecule has 0 aliphatic heterocycles. The van der Waals surface area contributed by atoms with Crippen molar-refractivity contribution < 1.29 is 27.5 Å². The quantitative estimate of drug-likeness (QED) is 0.818. The van der Waals surface area contributed by atoms with Gasteiger partial charge in [-0.15, -0.1) is 0 Å². The number of alkyl halides is 3. The minimum atomic E-state index is -4.70. The molecule has 1 N–H and O–H groups in total. The number of aliphatic carboxylic acids is 1. The van der Waals surface area contributed by atoms with E-state index in [1.165, 1.54) is 13.8 Å². The summed E-state index contributed by atoms with van der Waals surface area (Å²) >= 11 is 0. The van der Waals surface area contributed by atoms with E-state index in [2.05, 4.69) is 0 Å². The molecule has 0 aliphatic carbocycles. The summed E-state index contributed by atoms with van der Waals surface area (Å²) in [6, 6.07) is 1.78. The van der Waals surface area contributed by atoms with E-state index in [1.54, 1.807) is 0 Å². The summed E-state index contributed by atoms with van der Waals surface area (Å²) in [6.45, 7) is 2.43. The normalized spacial score (nSPS) is 12.6. The van der Waals surface area contributed by atoms with Crippen LogP contribution in [-0.2, 0) is 16.4 Å². The van der Waals surface area contributed by atoms with E-state index in [9.17, 15) is 22.4 Å². The average molecular weight is 250 g/mol. The summed E-state index contributed by atoms with van der Waals surface area (Å²) in [7, 11) is 0. The van der Waals surface area contributed by atoms with Gasteiger partial charge in [-0.3, -0.25) is 4.79 Å². The van der Waals surface area contributed by atoms with Gasteiger partial charge >= 0.3 is 12.1 Å². The molecule has 0 radical (unpaired) electrons. The van der Waals surface area contributed by atoms with Crippen LogP contribution in [0.4, 0.5) is 17.6 Å². The van der Waals surface area contributed by atoms with Crippen LogP contribution in [0.3, 0.4) is 0 Å². The Hall–Kier alpha value is -1.59. The van der Waals surface area contributed by atoms with Crippen LogP contribution < -0.4 is 0 Å². The summed E-state index contributed by atoms with van der Waals surface area (Å²) in [5, 5.41) is 8.88. The highest BCUT2D eigenvalue weighted by molar-refractivity contribution is 5.80. The Labute approximate surface area is 94.9 Å². The first-order valence-corrected chi connectivity index (χ1v) is 4.67. The number of rotatable bonds is 2. The third kappa shape index (κ3) is 2.75. The van der Waals surface area contributed by atoms with Crippen molar-refractivity contribution >= 4 is 5.97 Å². The van der Waals surface area contributed by atoms with Crippen LogP contribution in [0.15, 0.2) is 18.2 Å². The summed E-state index contributed by atoms with van der Waals surface area (Å²) in [4.78, 5) is 10.9. The first-order valence-electron chi connectivity index (χ1n) is 4.67. The van der Waals surface area contributed by atoms with Crippen LogP contribution in [-0.4, -0.2) is 11.1 Å². The van der Waals surface area contributed by atoms with Crippen molar-refractivity contribution in [2.24, 2.45) is 0 Å². The zero-order valence-corrected chi connectivity index (χ0v) is 9.10. The van der Waals surface area contributed by atoms with Crippen LogP contribution in [0, 0.1) is 5.82 Å². The highest BCUT2D eigenvalue weighted by atomic mass is 19.4. The smallest absolute Gasteiger partial charge is 0.416 e. The van der Waals surface area contributed by atoms with Crippen LogP contribution in [0.2, 0.25) is 0 Å². The molecule has 1 rings (SSSR count). The molecule has 1 aromatic rings. The van der Waals surface area contributed by atoms with Gasteiger partial charge < -0.3 is 5.11 Å². The van der Waals surface area contributed by atoms with Crippen LogP contribution in [0.1, 0.15) is 25.0 Å². The third-order valence-corrected chi connectivity index (χ3v) is 2.48. The van der Waals surface area contributed by atoms with Gasteiger partial charge in [0.25, 0.3) is 0 Å². The molecule has 6 heteroatoms. The van der Waals surface area contributed by atoms with E-state index in [-0.39, 0.29) is 5.56 Å². The first kappa shape index (κ1) is 13.5. The number of carbonyl (C=O) groups is 1. The maximum Gasteiger partial charge on any atom is 0.416 e. The molecule has 0 aromatic heterocycles. The number of benzene rings is 1. The molecular weight excluding hydrogens is 240 g/mol. The second-order valence-electron chi connectivity index (χ2n) is 4.16. The topological polar surface area (TPSA) is 37.3 Å². The molecule has 0 atom stereocenters. The van der Waals surface area contributed by atoms with E-state index >= 15 is 0 Å². The van der Waals surface area contributed by atoms with Gasteiger partial charge in [-0.2, -0.15) is 13.2 Å². The minimum Gasteiger partial charge on any atom is -0.481 e. The monoisotopic (exact) mass is 250 g/mol. The molecule has 0 saturated carbocycles. The Balaban J connectivity index is 3.38. The molecule has 0 fully saturated rings. The maximum atomic E-state index is 13.1. The van der Waals surface area contributed by atoms with E-state index in [4.69, 9.17) is 5.11 Å². The molecule has 0 aliphatic rings. The SMILES string of the molecule is CC(C)(C(=O)O)c1cc(F)cc(C(F)(F)F)c1. The lowest BCUT2D eigenvalue weighted by Gasteiger charge is -2.21. The highest BCUT2D eigenvalue weighted by Gasteiger charge is 2.35. The van der Waals surface area contributed by atoms with E-state index in [0.29, 0.717) is 12.1 Å². The predicted molar refractivity (Wildman–Crippen MR) is 52.1 cm³/mol. The van der Waals surface area contributed by atoms with Crippen molar-refractivity contribution in [3.8, 4) is 0 Å². The van der Waals surface area contributed by atoms with Crippen molar-refractivity contribution in [3.05, 3.63) is 35.1 Å². The molecule has 0 saturated heterocycles. The number of halogens is 4. The lowest BCUT2D eigenvalue weighted by atomic mass is 9.84. The van der Waals surface area contributed by atoms with E-state index in [1.807, 2.05) is 0 Å². The molecule has 0 bridgehead atoms. The van der Waals surface area contributed by atoms with Gasteiger partial charge in [0.05, 0.1) is 11.0 Å². The van der Waals surface area contributed by atoms with Gasteiger partial charge in [-0.1, -0.05) is 0 Å². The molecule has 0 spiro atoms. The summed E-state index contributed by atoms with van der Waals surface area (Å²) in [5.74, 6) is -2.43. The number of carboxylic acid groups (broad SMARTS) is 1. The summed E-state index contributed by atoms with van der Waals surface area (Å²) in [6.07, 6.45) is -4.70. The lowest BCUT2D eigenvalue weighted by Crippen LogP contribution is -2.29. The zero-order valence-electron chi connectivity index (χ0n) is 9.10. The molecular formula is C11H10F4O2. The van der Waals surface area contributed by atoms with Crippen molar-refractivity contribution in [1.29, 1.82) is 0 Å². The largest absolute Gasteiger partial charge is 0.481 e. The van der Waals surface area contributed by atoms with Gasteiger partial charge in [-0.05, 0) is 37.6 Å². The van der Waals surface area contributed by atoms with E-state index < -0.39 is 28.9 Å². The number of hydrogen-bond donors (Lipinski definition) is 1. The standard InChI is InChI=1S/C11H10F4O2/c1-10(2,9(16)17)6-3-7(11(13,14)15)5-8(12)4-6/h3-5H,1-2H3,(H,16,17). The Morgan fingerprint density at radius 1 is 1.12 bits per heavy atom. The molecule has 17 heavy (non-hydrogen) atoms. The Kier molecular flexibility index (Phi) is 3.18. The maximum absolute atomic E-state index is 13.1. The Morgan fingerprint density at radius 3 is 2.00 bits per heavy atom. The van der Waals surface area contributed by atoms with Crippen molar-refractivity contribution in [2.75, 3.05) is 0 Å². The van der Waals surface area contributed by atoms with Crippen molar-refractivity contribution in [3.63, 3.8) is 0 Å². The zero-order chi connectivity index (χ0) is 13.4. The van der Waals surface area contributed by atoms with Gasteiger partial charge in [0.15, 0.2) is 0 Å². The van der Waals surface area contributed by atoms with Crippen LogP contribution in [0.25, 0.3) is 0 Å². The third-order valence-electron chi connectivity index (χ3n) is 2.48. The second-order valence-corrected chi connectivity index (χ2v) is 4.16. The van der Waals surface area contributed by atoms with Crippen LogP contribution in [0.5, 0.6) is 0 Å². The number of hydrogen-bond acceptors (Lipinski definition) is 1. The number of carboxylic acids is 1. The fraction of sp³-hybridized carbons (Fsp3) is 0.364. The molecule has 2 nitrogen and oxygen atoms in total. The van der Waals surface area contributed by atoms with Gasteiger partial charge in [-0.25, -0.2) is 4.39 Å². The molecule has 0 amide bonds. The van der Waals surface area contributed by atoms with Crippen LogP contribution >= 0.6 is 0 Å². The fourth-order valence-corrected chi connectivity index (χ4v) is 1.24. The van der Waals surface area contributed by atoms with Gasteiger partial charge in [0.1, 0.15) is 5.82 Å². The second kappa shape index (κ2) is 4.01.